The molecule has 2 N–H and O–H groups in total. The van der Waals surface area contributed by atoms with Gasteiger partial charge in [0.2, 0.25) is 5.91 Å². The van der Waals surface area contributed by atoms with E-state index in [2.05, 4.69) is 15.6 Å². The normalized spacial score (nSPS) is 10.4. The molecule has 2 aromatic carbocycles. The van der Waals surface area contributed by atoms with Gasteiger partial charge in [0.05, 0.1) is 18.4 Å². The molecule has 0 saturated carbocycles. The Balaban J connectivity index is 1.59. The lowest BCUT2D eigenvalue weighted by Crippen LogP contribution is -2.26. The molecular formula is C21H21N3O3S. The molecule has 0 radical (unpaired) electrons. The second-order valence-electron chi connectivity index (χ2n) is 6.11. The topological polar surface area (TPSA) is 80.3 Å². The molecule has 0 saturated heterocycles. The average Bonchev–Trinajstić information content (AvgIpc) is 3.16. The summed E-state index contributed by atoms with van der Waals surface area (Å²) in [6.45, 7) is 1.96. The zero-order valence-corrected chi connectivity index (χ0v) is 16.5. The summed E-state index contributed by atoms with van der Waals surface area (Å²) in [7, 11) is 1.55. The fraction of sp³-hybridized carbons (Fsp3) is 0.190. The summed E-state index contributed by atoms with van der Waals surface area (Å²) in [5.41, 5.74) is 3.11. The first-order valence-electron chi connectivity index (χ1n) is 8.80. The van der Waals surface area contributed by atoms with Crippen molar-refractivity contribution in [1.29, 1.82) is 0 Å². The van der Waals surface area contributed by atoms with Gasteiger partial charge in [-0.25, -0.2) is 4.98 Å². The van der Waals surface area contributed by atoms with Crippen molar-refractivity contribution in [2.75, 3.05) is 19.0 Å². The molecule has 28 heavy (non-hydrogen) atoms. The lowest BCUT2D eigenvalue weighted by molar-refractivity contribution is -0.114. The van der Waals surface area contributed by atoms with Crippen LogP contribution in [0, 0.1) is 0 Å². The van der Waals surface area contributed by atoms with Crippen molar-refractivity contribution >= 4 is 28.8 Å². The van der Waals surface area contributed by atoms with Gasteiger partial charge in [0.15, 0.2) is 0 Å². The van der Waals surface area contributed by atoms with Gasteiger partial charge in [0.1, 0.15) is 10.8 Å². The van der Waals surface area contributed by atoms with Crippen LogP contribution < -0.4 is 15.4 Å². The van der Waals surface area contributed by atoms with E-state index in [9.17, 15) is 9.59 Å². The Labute approximate surface area is 167 Å². The van der Waals surface area contributed by atoms with Gasteiger partial charge >= 0.3 is 0 Å². The number of nitrogens with one attached hydrogen (secondary N) is 2. The first-order chi connectivity index (χ1) is 13.6. The van der Waals surface area contributed by atoms with Crippen molar-refractivity contribution in [3.8, 4) is 16.3 Å². The van der Waals surface area contributed by atoms with E-state index in [1.54, 1.807) is 25.3 Å². The molecule has 7 heteroatoms. The van der Waals surface area contributed by atoms with Crippen molar-refractivity contribution in [2.45, 2.75) is 13.3 Å². The second-order valence-corrected chi connectivity index (χ2v) is 6.97. The number of carbonyl (C=O) groups excluding carboxylic acids is 2. The number of methoxy groups -OCH3 is 1. The number of carbonyl (C=O) groups is 2. The Morgan fingerprint density at radius 2 is 1.96 bits per heavy atom. The van der Waals surface area contributed by atoms with E-state index < -0.39 is 0 Å². The van der Waals surface area contributed by atoms with Gasteiger partial charge in [-0.15, -0.1) is 11.3 Å². The molecule has 3 aromatic rings. The van der Waals surface area contributed by atoms with Gasteiger partial charge in [-0.05, 0) is 24.3 Å². The van der Waals surface area contributed by atoms with E-state index >= 15 is 0 Å². The fourth-order valence-electron chi connectivity index (χ4n) is 2.72. The molecule has 0 unspecified atom stereocenters. The van der Waals surface area contributed by atoms with Crippen LogP contribution in [-0.4, -0.2) is 30.5 Å². The second kappa shape index (κ2) is 9.14. The summed E-state index contributed by atoms with van der Waals surface area (Å²) in [5, 5.41) is 8.53. The Hall–Kier alpha value is -3.19. The third-order valence-corrected chi connectivity index (χ3v) is 4.94. The highest BCUT2D eigenvalue weighted by molar-refractivity contribution is 7.13. The minimum Gasteiger partial charge on any atom is -0.496 e. The molecular weight excluding hydrogens is 374 g/mol. The number of nitrogens with zero attached hydrogens (tertiary/aromatic N) is 1. The van der Waals surface area contributed by atoms with E-state index in [1.165, 1.54) is 18.3 Å². The molecule has 2 amide bonds. The molecule has 144 valence electrons. The monoisotopic (exact) mass is 395 g/mol. The van der Waals surface area contributed by atoms with E-state index in [0.717, 1.165) is 22.0 Å². The van der Waals surface area contributed by atoms with Crippen LogP contribution in [0.4, 0.5) is 5.69 Å². The van der Waals surface area contributed by atoms with Gasteiger partial charge in [0, 0.05) is 36.5 Å². The van der Waals surface area contributed by atoms with Crippen molar-refractivity contribution in [3.63, 3.8) is 0 Å². The quantitative estimate of drug-likeness (QED) is 0.638. The number of anilines is 1. The lowest BCUT2D eigenvalue weighted by Gasteiger charge is -2.08. The van der Waals surface area contributed by atoms with Crippen molar-refractivity contribution < 1.29 is 14.3 Å². The number of thiazole rings is 1. The average molecular weight is 395 g/mol. The summed E-state index contributed by atoms with van der Waals surface area (Å²) >= 11 is 1.53. The third-order valence-electron chi connectivity index (χ3n) is 4.00. The maximum Gasteiger partial charge on any atom is 0.255 e. The van der Waals surface area contributed by atoms with Crippen LogP contribution in [0.15, 0.2) is 53.9 Å². The Bertz CT molecular complexity index is 984. The molecule has 3 rings (SSSR count). The predicted octanol–water partition coefficient (Wildman–Crippen LogP) is 3.75. The Morgan fingerprint density at radius 1 is 1.14 bits per heavy atom. The van der Waals surface area contributed by atoms with Crippen LogP contribution in [0.2, 0.25) is 0 Å². The first-order valence-corrected chi connectivity index (χ1v) is 9.68. The van der Waals surface area contributed by atoms with Gasteiger partial charge in [-0.3, -0.25) is 9.59 Å². The Kier molecular flexibility index (Phi) is 6.39. The fourth-order valence-corrected chi connectivity index (χ4v) is 3.57. The molecule has 0 aliphatic heterocycles. The van der Waals surface area contributed by atoms with Crippen LogP contribution in [-0.2, 0) is 11.2 Å². The van der Waals surface area contributed by atoms with Gasteiger partial charge in [-0.1, -0.05) is 24.3 Å². The highest BCUT2D eigenvalue weighted by Crippen LogP contribution is 2.26. The van der Waals surface area contributed by atoms with Crippen LogP contribution in [0.5, 0.6) is 5.75 Å². The molecule has 0 bridgehead atoms. The molecule has 0 spiro atoms. The highest BCUT2D eigenvalue weighted by atomic mass is 32.1. The number of hydrogen-bond acceptors (Lipinski definition) is 5. The van der Waals surface area contributed by atoms with E-state index in [0.29, 0.717) is 24.3 Å². The largest absolute Gasteiger partial charge is 0.496 e. The zero-order chi connectivity index (χ0) is 19.9. The van der Waals surface area contributed by atoms with Gasteiger partial charge in [0.25, 0.3) is 5.91 Å². The number of rotatable bonds is 7. The molecule has 1 heterocycles. The molecule has 0 aliphatic carbocycles. The zero-order valence-electron chi connectivity index (χ0n) is 15.7. The van der Waals surface area contributed by atoms with E-state index in [-0.39, 0.29) is 11.8 Å². The van der Waals surface area contributed by atoms with Crippen molar-refractivity contribution in [3.05, 3.63) is 65.2 Å². The molecule has 6 nitrogen and oxygen atoms in total. The summed E-state index contributed by atoms with van der Waals surface area (Å²) in [6.07, 6.45) is 0.628. The lowest BCUT2D eigenvalue weighted by atomic mass is 10.2. The van der Waals surface area contributed by atoms with E-state index in [1.807, 2.05) is 35.7 Å². The number of ether oxygens (including phenoxy) is 1. The summed E-state index contributed by atoms with van der Waals surface area (Å²) < 4.78 is 5.22. The standard InChI is InChI=1S/C21H21N3O3S/c1-14(25)23-16-7-5-6-15(12-16)21-24-17(13-28-21)10-11-22-20(26)18-8-3-4-9-19(18)27-2/h3-9,12-13H,10-11H2,1-2H3,(H,22,26)(H,23,25). The van der Waals surface area contributed by atoms with Crippen molar-refractivity contribution in [1.82, 2.24) is 10.3 Å². The molecule has 0 aliphatic rings. The summed E-state index contributed by atoms with van der Waals surface area (Å²) in [6, 6.07) is 14.7. The minimum atomic E-state index is -0.170. The molecule has 0 fully saturated rings. The highest BCUT2D eigenvalue weighted by Gasteiger charge is 2.11. The first kappa shape index (κ1) is 19.6. The maximum atomic E-state index is 12.3. The van der Waals surface area contributed by atoms with Crippen LogP contribution in [0.3, 0.4) is 0 Å². The SMILES string of the molecule is COc1ccccc1C(=O)NCCc1csc(-c2cccc(NC(C)=O)c2)n1. The number of amides is 2. The van der Waals surface area contributed by atoms with Gasteiger partial charge in [-0.2, -0.15) is 0 Å². The number of aromatic nitrogens is 1. The predicted molar refractivity (Wildman–Crippen MR) is 111 cm³/mol. The molecule has 0 atom stereocenters. The number of hydrogen-bond donors (Lipinski definition) is 2. The van der Waals surface area contributed by atoms with Crippen LogP contribution in [0.1, 0.15) is 23.0 Å². The smallest absolute Gasteiger partial charge is 0.255 e. The maximum absolute atomic E-state index is 12.3. The third kappa shape index (κ3) is 4.95. The van der Waals surface area contributed by atoms with Crippen molar-refractivity contribution in [2.24, 2.45) is 0 Å². The van der Waals surface area contributed by atoms with Crippen LogP contribution >= 0.6 is 11.3 Å². The van der Waals surface area contributed by atoms with Crippen LogP contribution in [0.25, 0.3) is 10.6 Å². The summed E-state index contributed by atoms with van der Waals surface area (Å²) in [4.78, 5) is 28.2. The number of para-hydroxylation sites is 1. The van der Waals surface area contributed by atoms with Gasteiger partial charge < -0.3 is 15.4 Å². The van der Waals surface area contributed by atoms with E-state index in [4.69, 9.17) is 4.74 Å². The minimum absolute atomic E-state index is 0.109. The Morgan fingerprint density at radius 3 is 2.75 bits per heavy atom. The number of benzene rings is 2. The summed E-state index contributed by atoms with van der Waals surface area (Å²) in [5.74, 6) is 0.272. The molecule has 1 aromatic heterocycles.